The molecule has 2 aromatic rings. The number of nitrogens with one attached hydrogen (secondary N) is 1. The topological polar surface area (TPSA) is 84.2 Å². The van der Waals surface area contributed by atoms with E-state index in [-0.39, 0.29) is 18.7 Å². The van der Waals surface area contributed by atoms with Gasteiger partial charge in [-0.3, -0.25) is 9.48 Å². The number of nitrogens with zero attached hydrogens (tertiary/aromatic N) is 2. The molecule has 1 atom stereocenters. The quantitative estimate of drug-likeness (QED) is 0.804. The molecule has 6 nitrogen and oxygen atoms in total. The number of rotatable bonds is 7. The van der Waals surface area contributed by atoms with Gasteiger partial charge in [-0.2, -0.15) is 5.10 Å². The summed E-state index contributed by atoms with van der Waals surface area (Å²) >= 11 is 0. The number of carbonyl (C=O) groups is 2. The van der Waals surface area contributed by atoms with Crippen LogP contribution in [0.25, 0.3) is 0 Å². The van der Waals surface area contributed by atoms with Gasteiger partial charge < -0.3 is 10.4 Å². The minimum Gasteiger partial charge on any atom is -0.480 e. The molecule has 2 N–H and O–H groups in total. The van der Waals surface area contributed by atoms with Crippen molar-refractivity contribution in [1.29, 1.82) is 0 Å². The molecule has 0 saturated heterocycles. The zero-order chi connectivity index (χ0) is 15.9. The SMILES string of the molecule is Cn1nccc1CCC(=O)N[C@@H](Cc1ccccc1)C(=O)O. The molecule has 0 radical (unpaired) electrons. The molecule has 22 heavy (non-hydrogen) atoms. The normalized spacial score (nSPS) is 11.9. The van der Waals surface area contributed by atoms with E-state index in [2.05, 4.69) is 10.4 Å². The summed E-state index contributed by atoms with van der Waals surface area (Å²) in [5, 5.41) is 15.9. The zero-order valence-electron chi connectivity index (χ0n) is 12.4. The zero-order valence-corrected chi connectivity index (χ0v) is 12.4. The Kier molecular flexibility index (Phi) is 5.30. The third-order valence-corrected chi connectivity index (χ3v) is 3.45. The van der Waals surface area contributed by atoms with E-state index < -0.39 is 12.0 Å². The van der Waals surface area contributed by atoms with Gasteiger partial charge in [0.1, 0.15) is 6.04 Å². The number of carboxylic acid groups (broad SMARTS) is 1. The van der Waals surface area contributed by atoms with Crippen LogP contribution in [0.15, 0.2) is 42.6 Å². The lowest BCUT2D eigenvalue weighted by Gasteiger charge is -2.14. The summed E-state index contributed by atoms with van der Waals surface area (Å²) in [5.74, 6) is -1.30. The summed E-state index contributed by atoms with van der Waals surface area (Å²) in [5.41, 5.74) is 1.81. The average Bonchev–Trinajstić information content (AvgIpc) is 2.91. The molecule has 1 aromatic heterocycles. The lowest BCUT2D eigenvalue weighted by Crippen LogP contribution is -2.42. The predicted molar refractivity (Wildman–Crippen MR) is 81.2 cm³/mol. The number of aryl methyl sites for hydroxylation is 2. The van der Waals surface area contributed by atoms with E-state index in [0.29, 0.717) is 6.42 Å². The van der Waals surface area contributed by atoms with E-state index in [9.17, 15) is 14.7 Å². The van der Waals surface area contributed by atoms with E-state index in [1.54, 1.807) is 10.9 Å². The van der Waals surface area contributed by atoms with Crippen LogP contribution < -0.4 is 5.32 Å². The van der Waals surface area contributed by atoms with Crippen LogP contribution in [-0.4, -0.2) is 32.8 Å². The number of carboxylic acids is 1. The van der Waals surface area contributed by atoms with Crippen molar-refractivity contribution in [3.8, 4) is 0 Å². The molecule has 0 aliphatic heterocycles. The maximum Gasteiger partial charge on any atom is 0.326 e. The number of amides is 1. The number of hydrogen-bond acceptors (Lipinski definition) is 3. The second-order valence-electron chi connectivity index (χ2n) is 5.09. The Balaban J connectivity index is 1.89. The number of carbonyl (C=O) groups excluding carboxylic acids is 1. The minimum atomic E-state index is -1.03. The summed E-state index contributed by atoms with van der Waals surface area (Å²) in [6.45, 7) is 0. The van der Waals surface area contributed by atoms with Crippen LogP contribution in [0, 0.1) is 0 Å². The van der Waals surface area contributed by atoms with Gasteiger partial charge in [-0.15, -0.1) is 0 Å². The second kappa shape index (κ2) is 7.40. The Morgan fingerprint density at radius 1 is 1.27 bits per heavy atom. The second-order valence-corrected chi connectivity index (χ2v) is 5.09. The fourth-order valence-corrected chi connectivity index (χ4v) is 2.20. The Labute approximate surface area is 128 Å². The van der Waals surface area contributed by atoms with Gasteiger partial charge in [0.25, 0.3) is 0 Å². The molecule has 116 valence electrons. The number of aromatic nitrogens is 2. The first-order valence-corrected chi connectivity index (χ1v) is 7.09. The standard InChI is InChI=1S/C16H19N3O3/c1-19-13(9-10-17-19)7-8-15(20)18-14(16(21)22)11-12-5-3-2-4-6-12/h2-6,9-10,14H,7-8,11H2,1H3,(H,18,20)(H,21,22)/t14-/m0/s1. The van der Waals surface area contributed by atoms with Gasteiger partial charge >= 0.3 is 5.97 Å². The largest absolute Gasteiger partial charge is 0.480 e. The summed E-state index contributed by atoms with van der Waals surface area (Å²) in [6.07, 6.45) is 2.70. The highest BCUT2D eigenvalue weighted by Crippen LogP contribution is 2.05. The van der Waals surface area contributed by atoms with E-state index in [1.165, 1.54) is 0 Å². The molecule has 1 heterocycles. The Morgan fingerprint density at radius 3 is 2.59 bits per heavy atom. The highest BCUT2D eigenvalue weighted by atomic mass is 16.4. The maximum atomic E-state index is 12.0. The van der Waals surface area contributed by atoms with Crippen molar-refractivity contribution in [2.45, 2.75) is 25.3 Å². The molecule has 0 fully saturated rings. The summed E-state index contributed by atoms with van der Waals surface area (Å²) in [6, 6.07) is 10.2. The average molecular weight is 301 g/mol. The molecule has 6 heteroatoms. The lowest BCUT2D eigenvalue weighted by molar-refractivity contribution is -0.141. The van der Waals surface area contributed by atoms with Crippen LogP contribution in [0.5, 0.6) is 0 Å². The van der Waals surface area contributed by atoms with Crippen LogP contribution in [-0.2, 0) is 29.5 Å². The highest BCUT2D eigenvalue weighted by Gasteiger charge is 2.20. The first-order valence-electron chi connectivity index (χ1n) is 7.09. The molecule has 0 spiro atoms. The first-order chi connectivity index (χ1) is 10.6. The fourth-order valence-electron chi connectivity index (χ4n) is 2.20. The molecule has 0 bridgehead atoms. The number of aliphatic carboxylic acids is 1. The third kappa shape index (κ3) is 4.44. The van der Waals surface area contributed by atoms with Gasteiger partial charge in [-0.25, -0.2) is 4.79 Å². The van der Waals surface area contributed by atoms with Gasteiger partial charge in [0.15, 0.2) is 0 Å². The first kappa shape index (κ1) is 15.8. The van der Waals surface area contributed by atoms with Gasteiger partial charge in [-0.1, -0.05) is 30.3 Å². The number of hydrogen-bond donors (Lipinski definition) is 2. The Bertz CT molecular complexity index is 637. The van der Waals surface area contributed by atoms with Gasteiger partial charge in [-0.05, 0) is 18.1 Å². The monoisotopic (exact) mass is 301 g/mol. The van der Waals surface area contributed by atoms with Crippen molar-refractivity contribution in [3.63, 3.8) is 0 Å². The van der Waals surface area contributed by atoms with Crippen molar-refractivity contribution in [1.82, 2.24) is 15.1 Å². The molecule has 2 rings (SSSR count). The van der Waals surface area contributed by atoms with E-state index in [1.807, 2.05) is 43.4 Å². The molecule has 0 aliphatic carbocycles. The summed E-state index contributed by atoms with van der Waals surface area (Å²) in [7, 11) is 1.81. The lowest BCUT2D eigenvalue weighted by atomic mass is 10.1. The van der Waals surface area contributed by atoms with Gasteiger partial charge in [0.2, 0.25) is 5.91 Å². The van der Waals surface area contributed by atoms with Gasteiger partial charge in [0.05, 0.1) is 0 Å². The van der Waals surface area contributed by atoms with Crippen molar-refractivity contribution >= 4 is 11.9 Å². The molecule has 0 aliphatic rings. The van der Waals surface area contributed by atoms with Crippen molar-refractivity contribution in [3.05, 3.63) is 53.9 Å². The molecule has 0 unspecified atom stereocenters. The van der Waals surface area contributed by atoms with Gasteiger partial charge in [0, 0.05) is 31.8 Å². The van der Waals surface area contributed by atoms with Crippen LogP contribution in [0.3, 0.4) is 0 Å². The summed E-state index contributed by atoms with van der Waals surface area (Å²) in [4.78, 5) is 23.2. The fraction of sp³-hybridized carbons (Fsp3) is 0.312. The van der Waals surface area contributed by atoms with E-state index in [0.717, 1.165) is 11.3 Å². The van der Waals surface area contributed by atoms with Crippen molar-refractivity contribution < 1.29 is 14.7 Å². The van der Waals surface area contributed by atoms with Crippen molar-refractivity contribution in [2.75, 3.05) is 0 Å². The van der Waals surface area contributed by atoms with E-state index >= 15 is 0 Å². The van der Waals surface area contributed by atoms with Crippen LogP contribution >= 0.6 is 0 Å². The third-order valence-electron chi connectivity index (χ3n) is 3.45. The number of benzene rings is 1. The van der Waals surface area contributed by atoms with Crippen LogP contribution in [0.4, 0.5) is 0 Å². The Morgan fingerprint density at radius 2 is 2.00 bits per heavy atom. The smallest absolute Gasteiger partial charge is 0.326 e. The van der Waals surface area contributed by atoms with E-state index in [4.69, 9.17) is 0 Å². The molecule has 1 amide bonds. The van der Waals surface area contributed by atoms with Crippen molar-refractivity contribution in [2.24, 2.45) is 7.05 Å². The minimum absolute atomic E-state index is 0.234. The predicted octanol–water partition coefficient (Wildman–Crippen LogP) is 1.16. The molecular formula is C16H19N3O3. The summed E-state index contributed by atoms with van der Waals surface area (Å²) < 4.78 is 1.70. The molecular weight excluding hydrogens is 282 g/mol. The maximum absolute atomic E-state index is 12.0. The van der Waals surface area contributed by atoms with Crippen LogP contribution in [0.1, 0.15) is 17.7 Å². The van der Waals surface area contributed by atoms with Crippen LogP contribution in [0.2, 0.25) is 0 Å². The Hall–Kier alpha value is -2.63. The molecule has 1 aromatic carbocycles. The molecule has 0 saturated carbocycles. The highest BCUT2D eigenvalue weighted by molar-refractivity contribution is 5.83.